The van der Waals surface area contributed by atoms with Gasteiger partial charge in [-0.1, -0.05) is 36.9 Å². The third kappa shape index (κ3) is 6.55. The number of para-hydroxylation sites is 1. The first-order valence-corrected chi connectivity index (χ1v) is 14.6. The summed E-state index contributed by atoms with van der Waals surface area (Å²) < 4.78 is 46.5. The van der Waals surface area contributed by atoms with Crippen LogP contribution in [0.2, 0.25) is 0 Å². The molecule has 0 atom stereocenters. The van der Waals surface area contributed by atoms with Crippen LogP contribution in [0.5, 0.6) is 5.75 Å². The predicted molar refractivity (Wildman–Crippen MR) is 156 cm³/mol. The lowest BCUT2D eigenvalue weighted by Crippen LogP contribution is -2.22. The molecule has 0 aliphatic rings. The van der Waals surface area contributed by atoms with Crippen LogP contribution in [0.1, 0.15) is 40.3 Å². The molecule has 0 bridgehead atoms. The number of benzene rings is 3. The van der Waals surface area contributed by atoms with E-state index in [1.807, 2.05) is 6.07 Å². The van der Waals surface area contributed by atoms with E-state index in [2.05, 4.69) is 22.5 Å². The van der Waals surface area contributed by atoms with Gasteiger partial charge in [-0.15, -0.1) is 0 Å². The molecule has 1 heterocycles. The zero-order valence-electron chi connectivity index (χ0n) is 23.3. The average Bonchev–Trinajstić information content (AvgIpc) is 3.42. The van der Waals surface area contributed by atoms with Crippen molar-refractivity contribution < 1.29 is 32.0 Å². The fourth-order valence-corrected chi connectivity index (χ4v) is 5.05. The molecule has 1 amide bonds. The number of aromatic nitrogens is 2. The Morgan fingerprint density at radius 1 is 1.12 bits per heavy atom. The number of sulfone groups is 1. The molecular formula is C30H26FN5O6S. The Morgan fingerprint density at radius 3 is 2.51 bits per heavy atom. The zero-order chi connectivity index (χ0) is 31.3. The molecule has 3 aromatic carbocycles. The number of nitriles is 1. The first-order chi connectivity index (χ1) is 20.5. The van der Waals surface area contributed by atoms with Crippen LogP contribution in [-0.4, -0.2) is 42.9 Å². The van der Waals surface area contributed by atoms with Gasteiger partial charge in [0.05, 0.1) is 34.6 Å². The number of anilines is 1. The van der Waals surface area contributed by atoms with Gasteiger partial charge in [0, 0.05) is 23.1 Å². The number of esters is 1. The molecule has 0 aliphatic carbocycles. The molecule has 0 fully saturated rings. The number of rotatable bonds is 10. The number of carbonyl (C=O) groups excluding carboxylic acids is 2. The van der Waals surface area contributed by atoms with Crippen LogP contribution in [0.4, 0.5) is 10.1 Å². The largest absolute Gasteiger partial charge is 0.462 e. The molecule has 4 rings (SSSR count). The molecule has 0 saturated heterocycles. The number of hydroxylamine groups is 1. The highest BCUT2D eigenvalue weighted by Gasteiger charge is 2.28. The molecular weight excluding hydrogens is 577 g/mol. The second-order valence-corrected chi connectivity index (χ2v) is 11.2. The number of nitrogens with zero attached hydrogens (tertiary/aromatic N) is 3. The van der Waals surface area contributed by atoms with E-state index in [1.54, 1.807) is 19.9 Å². The van der Waals surface area contributed by atoms with E-state index in [-0.39, 0.29) is 56.6 Å². The highest BCUT2D eigenvalue weighted by atomic mass is 32.2. The normalized spacial score (nSPS) is 10.9. The Bertz CT molecular complexity index is 1900. The van der Waals surface area contributed by atoms with Gasteiger partial charge in [0.25, 0.3) is 5.91 Å². The lowest BCUT2D eigenvalue weighted by molar-refractivity contribution is 0.0523. The van der Waals surface area contributed by atoms with Crippen molar-refractivity contribution in [3.8, 4) is 28.6 Å². The van der Waals surface area contributed by atoms with Gasteiger partial charge in [0.1, 0.15) is 23.1 Å². The van der Waals surface area contributed by atoms with Crippen molar-refractivity contribution in [2.45, 2.75) is 18.7 Å². The number of hydrogen-bond donors (Lipinski definition) is 2. The lowest BCUT2D eigenvalue weighted by Gasteiger charge is -2.16. The molecule has 0 aliphatic heterocycles. The monoisotopic (exact) mass is 603 g/mol. The van der Waals surface area contributed by atoms with Crippen LogP contribution in [-0.2, 0) is 14.6 Å². The maximum atomic E-state index is 15.3. The summed E-state index contributed by atoms with van der Waals surface area (Å²) in [6, 6.07) is 16.2. The quantitative estimate of drug-likeness (QED) is 0.192. The Hall–Kier alpha value is -5.48. The zero-order valence-corrected chi connectivity index (χ0v) is 24.2. The van der Waals surface area contributed by atoms with E-state index >= 15 is 4.39 Å². The van der Waals surface area contributed by atoms with E-state index in [0.717, 1.165) is 23.2 Å². The molecule has 2 N–H and O–H groups in total. The van der Waals surface area contributed by atoms with Crippen LogP contribution >= 0.6 is 0 Å². The Kier molecular flexibility index (Phi) is 8.92. The predicted octanol–water partition coefficient (Wildman–Crippen LogP) is 4.80. The van der Waals surface area contributed by atoms with E-state index in [9.17, 15) is 23.3 Å². The van der Waals surface area contributed by atoms with Crippen molar-refractivity contribution in [1.82, 2.24) is 15.3 Å². The molecule has 0 saturated carbocycles. The highest BCUT2D eigenvalue weighted by Crippen LogP contribution is 2.35. The van der Waals surface area contributed by atoms with Crippen LogP contribution < -0.4 is 15.6 Å². The average molecular weight is 604 g/mol. The van der Waals surface area contributed by atoms with Crippen molar-refractivity contribution in [3.63, 3.8) is 0 Å². The highest BCUT2D eigenvalue weighted by molar-refractivity contribution is 7.90. The van der Waals surface area contributed by atoms with Crippen LogP contribution in [0.15, 0.2) is 84.0 Å². The van der Waals surface area contributed by atoms with Gasteiger partial charge in [0.15, 0.2) is 15.6 Å². The van der Waals surface area contributed by atoms with Crippen molar-refractivity contribution in [2.75, 3.05) is 18.2 Å². The number of allylic oxidation sites excluding steroid dienone is 1. The molecule has 220 valence electrons. The summed E-state index contributed by atoms with van der Waals surface area (Å²) in [5, 5.41) is 16.4. The van der Waals surface area contributed by atoms with Crippen LogP contribution in [0.3, 0.4) is 0 Å². The molecule has 43 heavy (non-hydrogen) atoms. The first-order valence-electron chi connectivity index (χ1n) is 12.7. The molecule has 0 radical (unpaired) electrons. The maximum Gasteiger partial charge on any atom is 0.342 e. The van der Waals surface area contributed by atoms with Crippen molar-refractivity contribution in [3.05, 3.63) is 102 Å². The van der Waals surface area contributed by atoms with Crippen LogP contribution in [0, 0.1) is 17.1 Å². The molecule has 0 spiro atoms. The summed E-state index contributed by atoms with van der Waals surface area (Å²) in [5.41, 5.74) is 2.71. The van der Waals surface area contributed by atoms with Crippen LogP contribution in [0.25, 0.3) is 16.8 Å². The maximum absolute atomic E-state index is 15.3. The van der Waals surface area contributed by atoms with Gasteiger partial charge in [-0.25, -0.2) is 27.8 Å². The van der Waals surface area contributed by atoms with Gasteiger partial charge < -0.3 is 14.9 Å². The number of amides is 1. The topological polar surface area (TPSA) is 152 Å². The van der Waals surface area contributed by atoms with Crippen molar-refractivity contribution in [2.24, 2.45) is 0 Å². The summed E-state index contributed by atoms with van der Waals surface area (Å²) >= 11 is 0. The van der Waals surface area contributed by atoms with E-state index < -0.39 is 27.5 Å². The molecule has 11 nitrogen and oxygen atoms in total. The van der Waals surface area contributed by atoms with Gasteiger partial charge in [0.2, 0.25) is 0 Å². The van der Waals surface area contributed by atoms with Crippen molar-refractivity contribution in [1.29, 1.82) is 5.26 Å². The van der Waals surface area contributed by atoms with Crippen molar-refractivity contribution >= 4 is 27.4 Å². The molecule has 1 aromatic heterocycles. The second kappa shape index (κ2) is 12.6. The van der Waals surface area contributed by atoms with Gasteiger partial charge in [-0.3, -0.25) is 4.79 Å². The van der Waals surface area contributed by atoms with E-state index in [1.165, 1.54) is 48.5 Å². The minimum Gasteiger partial charge on any atom is -0.462 e. The Balaban J connectivity index is 1.84. The SMILES string of the molecule is C=C(C)NOc1ccc(-n2ncc(C(=O)OCC)c2C(=O)Nc2c(F)cccc2-c2ccccc2S(C)(=O)=O)cc1C#N. The fourth-order valence-electron chi connectivity index (χ4n) is 4.15. The summed E-state index contributed by atoms with van der Waals surface area (Å²) in [6.07, 6.45) is 2.14. The Morgan fingerprint density at radius 2 is 1.84 bits per heavy atom. The second-order valence-electron chi connectivity index (χ2n) is 9.20. The minimum atomic E-state index is -3.73. The smallest absolute Gasteiger partial charge is 0.342 e. The number of carbonyl (C=O) groups is 2. The van der Waals surface area contributed by atoms with E-state index in [4.69, 9.17) is 9.57 Å². The summed E-state index contributed by atoms with van der Waals surface area (Å²) in [6.45, 7) is 6.91. The van der Waals surface area contributed by atoms with Gasteiger partial charge in [-0.2, -0.15) is 10.4 Å². The van der Waals surface area contributed by atoms with Gasteiger partial charge in [-0.05, 0) is 44.2 Å². The number of halogens is 1. The molecule has 4 aromatic rings. The molecule has 13 heteroatoms. The fraction of sp³-hybridized carbons (Fsp3) is 0.133. The van der Waals surface area contributed by atoms with Gasteiger partial charge >= 0.3 is 5.97 Å². The lowest BCUT2D eigenvalue weighted by atomic mass is 10.0. The van der Waals surface area contributed by atoms with E-state index in [0.29, 0.717) is 5.70 Å². The third-order valence-corrected chi connectivity index (χ3v) is 7.13. The summed E-state index contributed by atoms with van der Waals surface area (Å²) in [7, 11) is -3.73. The Labute approximate surface area is 247 Å². The standard InChI is InChI=1S/C30H26FN5O6S/c1-5-41-30(38)23-17-33-36(20-13-14-25(19(15-20)16-32)42-35-18(2)3)28(23)29(37)34-27-22(10-8-11-24(27)31)21-9-6-7-12-26(21)43(4,39)40/h6-15,17,35H,2,5H2,1,3-4H3,(H,34,37). The number of hydrogen-bond acceptors (Lipinski definition) is 9. The third-order valence-electron chi connectivity index (χ3n) is 5.97. The first kappa shape index (κ1) is 30.5. The summed E-state index contributed by atoms with van der Waals surface area (Å²) in [4.78, 5) is 32.0. The number of nitrogens with one attached hydrogen (secondary N) is 2. The number of ether oxygens (including phenoxy) is 1. The molecule has 0 unspecified atom stereocenters. The summed E-state index contributed by atoms with van der Waals surface area (Å²) in [5.74, 6) is -2.50. The minimum absolute atomic E-state index is 0.00511.